The van der Waals surface area contributed by atoms with Gasteiger partial charge in [-0.25, -0.2) is 0 Å². The molecule has 0 saturated heterocycles. The summed E-state index contributed by atoms with van der Waals surface area (Å²) in [5.74, 6) is -0.0959. The van der Waals surface area contributed by atoms with E-state index in [-0.39, 0.29) is 38.1 Å². The maximum absolute atomic E-state index is 13.3. The number of aliphatic hydroxyl groups excluding tert-OH is 1. The Morgan fingerprint density at radius 1 is 0.871 bits per heavy atom. The van der Waals surface area contributed by atoms with Crippen LogP contribution in [0, 0.1) is 0 Å². The van der Waals surface area contributed by atoms with Crippen molar-refractivity contribution in [3.8, 4) is 5.75 Å². The van der Waals surface area contributed by atoms with Gasteiger partial charge in [0.1, 0.15) is 11.8 Å². The first-order valence-corrected chi connectivity index (χ1v) is 10.1. The quantitative estimate of drug-likeness (QED) is 0.531. The monoisotopic (exact) mass is 418 g/mol. The molecule has 0 aliphatic heterocycles. The van der Waals surface area contributed by atoms with Crippen LogP contribution in [0.2, 0.25) is 0 Å². The fourth-order valence-corrected chi connectivity index (χ4v) is 3.23. The van der Waals surface area contributed by atoms with Crippen molar-refractivity contribution in [2.24, 2.45) is 0 Å². The van der Waals surface area contributed by atoms with Crippen LogP contribution >= 0.6 is 0 Å². The van der Waals surface area contributed by atoms with Gasteiger partial charge in [0.25, 0.3) is 5.91 Å². The summed E-state index contributed by atoms with van der Waals surface area (Å²) in [5, 5.41) is 11.8. The van der Waals surface area contributed by atoms with Crippen molar-refractivity contribution in [3.63, 3.8) is 0 Å². The molecule has 3 aromatic carbocycles. The molecule has 2 N–H and O–H groups in total. The van der Waals surface area contributed by atoms with Crippen molar-refractivity contribution >= 4 is 11.8 Å². The molecule has 2 amide bonds. The lowest BCUT2D eigenvalue weighted by Crippen LogP contribution is -2.45. The fourth-order valence-electron chi connectivity index (χ4n) is 3.23. The third-order valence-electron chi connectivity index (χ3n) is 4.71. The Labute approximate surface area is 182 Å². The van der Waals surface area contributed by atoms with Crippen LogP contribution in [-0.2, 0) is 16.1 Å². The minimum atomic E-state index is -0.861. The van der Waals surface area contributed by atoms with Crippen LogP contribution in [0.4, 0.5) is 0 Å². The smallest absolute Gasteiger partial charge is 0.261 e. The summed E-state index contributed by atoms with van der Waals surface area (Å²) in [6.45, 7) is -0.0373. The Kier molecular flexibility index (Phi) is 8.20. The average Bonchev–Trinajstić information content (AvgIpc) is 2.83. The van der Waals surface area contributed by atoms with E-state index < -0.39 is 6.04 Å². The second-order valence-corrected chi connectivity index (χ2v) is 6.94. The summed E-state index contributed by atoms with van der Waals surface area (Å²) in [6.07, 6.45) is 0. The first-order valence-electron chi connectivity index (χ1n) is 10.1. The molecule has 6 nitrogen and oxygen atoms in total. The van der Waals surface area contributed by atoms with E-state index in [2.05, 4.69) is 5.32 Å². The predicted octanol–water partition coefficient (Wildman–Crippen LogP) is 2.94. The van der Waals surface area contributed by atoms with Gasteiger partial charge in [-0.1, -0.05) is 78.9 Å². The lowest BCUT2D eigenvalue weighted by molar-refractivity contribution is -0.143. The van der Waals surface area contributed by atoms with Crippen LogP contribution in [0.25, 0.3) is 0 Å². The Hall–Kier alpha value is -3.64. The number of hydrogen-bond donors (Lipinski definition) is 2. The SMILES string of the molecule is O=C(NCCO)[C@H](c1ccccc1)N(Cc1ccccc1)C(=O)COc1ccccc1. The number of para-hydroxylation sites is 1. The highest BCUT2D eigenvalue weighted by Gasteiger charge is 2.31. The van der Waals surface area contributed by atoms with Gasteiger partial charge in [0.2, 0.25) is 5.91 Å². The normalized spacial score (nSPS) is 11.4. The van der Waals surface area contributed by atoms with E-state index in [9.17, 15) is 9.59 Å². The second-order valence-electron chi connectivity index (χ2n) is 6.94. The third-order valence-corrected chi connectivity index (χ3v) is 4.71. The van der Waals surface area contributed by atoms with E-state index in [1.54, 1.807) is 12.1 Å². The first kappa shape index (κ1) is 22.1. The van der Waals surface area contributed by atoms with Crippen LogP contribution in [-0.4, -0.2) is 41.6 Å². The summed E-state index contributed by atoms with van der Waals surface area (Å²) >= 11 is 0. The molecule has 0 aliphatic rings. The predicted molar refractivity (Wildman–Crippen MR) is 118 cm³/mol. The van der Waals surface area contributed by atoms with Crippen LogP contribution in [0.1, 0.15) is 17.2 Å². The number of ether oxygens (including phenoxy) is 1. The summed E-state index contributed by atoms with van der Waals surface area (Å²) in [7, 11) is 0. The van der Waals surface area contributed by atoms with Gasteiger partial charge in [-0.15, -0.1) is 0 Å². The molecule has 0 aliphatic carbocycles. The van der Waals surface area contributed by atoms with Crippen molar-refractivity contribution in [2.75, 3.05) is 19.8 Å². The standard InChI is InChI=1S/C25H26N2O4/c28-17-16-26-25(30)24(21-12-6-2-7-13-21)27(18-20-10-4-1-5-11-20)23(29)19-31-22-14-8-3-9-15-22/h1-15,24,28H,16-19H2,(H,26,30)/t24-/m0/s1. The number of amides is 2. The van der Waals surface area contributed by atoms with Crippen molar-refractivity contribution in [1.82, 2.24) is 10.2 Å². The van der Waals surface area contributed by atoms with Crippen molar-refractivity contribution in [2.45, 2.75) is 12.6 Å². The Bertz CT molecular complexity index is 949. The molecule has 0 spiro atoms. The zero-order valence-corrected chi connectivity index (χ0v) is 17.2. The molecule has 1 atom stereocenters. The number of hydrogen-bond acceptors (Lipinski definition) is 4. The van der Waals surface area contributed by atoms with E-state index in [0.29, 0.717) is 11.3 Å². The molecule has 0 bridgehead atoms. The van der Waals surface area contributed by atoms with E-state index >= 15 is 0 Å². The maximum atomic E-state index is 13.3. The number of nitrogens with one attached hydrogen (secondary N) is 1. The van der Waals surface area contributed by atoms with Crippen LogP contribution in [0.5, 0.6) is 5.75 Å². The molecular formula is C25H26N2O4. The van der Waals surface area contributed by atoms with Crippen molar-refractivity contribution in [3.05, 3.63) is 102 Å². The summed E-state index contributed by atoms with van der Waals surface area (Å²) < 4.78 is 5.67. The zero-order chi connectivity index (χ0) is 21.9. The highest BCUT2D eigenvalue weighted by molar-refractivity contribution is 5.89. The molecule has 3 aromatic rings. The van der Waals surface area contributed by atoms with Crippen LogP contribution < -0.4 is 10.1 Å². The molecule has 160 valence electrons. The van der Waals surface area contributed by atoms with E-state index in [1.165, 1.54) is 4.90 Å². The van der Waals surface area contributed by atoms with Gasteiger partial charge < -0.3 is 20.1 Å². The van der Waals surface area contributed by atoms with Crippen LogP contribution in [0.15, 0.2) is 91.0 Å². The molecule has 3 rings (SSSR count). The van der Waals surface area contributed by atoms with Crippen molar-refractivity contribution < 1.29 is 19.4 Å². The number of nitrogens with zero attached hydrogens (tertiary/aromatic N) is 1. The third kappa shape index (κ3) is 6.42. The van der Waals surface area contributed by atoms with Gasteiger partial charge in [-0.3, -0.25) is 9.59 Å². The fraction of sp³-hybridized carbons (Fsp3) is 0.200. The highest BCUT2D eigenvalue weighted by atomic mass is 16.5. The molecular weight excluding hydrogens is 392 g/mol. The van der Waals surface area contributed by atoms with Gasteiger partial charge in [0.05, 0.1) is 6.61 Å². The number of carbonyl (C=O) groups excluding carboxylic acids is 2. The molecule has 0 heterocycles. The lowest BCUT2D eigenvalue weighted by Gasteiger charge is -2.31. The topological polar surface area (TPSA) is 78.9 Å². The minimum absolute atomic E-state index is 0.107. The molecule has 0 unspecified atom stereocenters. The molecule has 0 saturated carbocycles. The minimum Gasteiger partial charge on any atom is -0.484 e. The highest BCUT2D eigenvalue weighted by Crippen LogP contribution is 2.24. The zero-order valence-electron chi connectivity index (χ0n) is 17.2. The van der Waals surface area contributed by atoms with Gasteiger partial charge in [0.15, 0.2) is 6.61 Å². The van der Waals surface area contributed by atoms with Gasteiger partial charge in [-0.2, -0.15) is 0 Å². The Balaban J connectivity index is 1.90. The van der Waals surface area contributed by atoms with Crippen molar-refractivity contribution in [1.29, 1.82) is 0 Å². The number of rotatable bonds is 10. The van der Waals surface area contributed by atoms with E-state index in [4.69, 9.17) is 9.84 Å². The molecule has 6 heteroatoms. The summed E-state index contributed by atoms with van der Waals surface area (Å²) in [4.78, 5) is 27.9. The Morgan fingerprint density at radius 2 is 1.45 bits per heavy atom. The first-order chi connectivity index (χ1) is 15.2. The molecule has 0 radical (unpaired) electrons. The number of benzene rings is 3. The van der Waals surface area contributed by atoms with Crippen LogP contribution in [0.3, 0.4) is 0 Å². The summed E-state index contributed by atoms with van der Waals surface area (Å²) in [5.41, 5.74) is 1.58. The molecule has 0 aromatic heterocycles. The number of carbonyl (C=O) groups is 2. The molecule has 0 fully saturated rings. The number of aliphatic hydroxyl groups is 1. The van der Waals surface area contributed by atoms with E-state index in [1.807, 2.05) is 78.9 Å². The largest absolute Gasteiger partial charge is 0.484 e. The van der Waals surface area contributed by atoms with E-state index in [0.717, 1.165) is 5.56 Å². The summed E-state index contributed by atoms with van der Waals surface area (Å²) in [6, 6.07) is 26.8. The van der Waals surface area contributed by atoms with Gasteiger partial charge in [0, 0.05) is 13.1 Å². The van der Waals surface area contributed by atoms with Gasteiger partial charge >= 0.3 is 0 Å². The maximum Gasteiger partial charge on any atom is 0.261 e. The average molecular weight is 418 g/mol. The molecule has 31 heavy (non-hydrogen) atoms. The Morgan fingerprint density at radius 3 is 2.06 bits per heavy atom. The lowest BCUT2D eigenvalue weighted by atomic mass is 10.0. The second kappa shape index (κ2) is 11.5. The van der Waals surface area contributed by atoms with Gasteiger partial charge in [-0.05, 0) is 23.3 Å².